The fourth-order valence-corrected chi connectivity index (χ4v) is 4.54. The monoisotopic (exact) mass is 424 g/mol. The molecule has 1 aliphatic heterocycles. The molecule has 1 saturated heterocycles. The average molecular weight is 425 g/mol. The molecule has 1 unspecified atom stereocenters. The van der Waals surface area contributed by atoms with Gasteiger partial charge in [0.1, 0.15) is 11.3 Å². The Labute approximate surface area is 169 Å². The number of para-hydroxylation sites is 1. The number of thiazole rings is 1. The first kappa shape index (κ1) is 18.6. The highest BCUT2D eigenvalue weighted by Gasteiger charge is 2.28. The van der Waals surface area contributed by atoms with Crippen molar-refractivity contribution in [2.75, 3.05) is 18.1 Å². The van der Waals surface area contributed by atoms with E-state index in [1.54, 1.807) is 24.3 Å². The first-order chi connectivity index (χ1) is 13.0. The summed E-state index contributed by atoms with van der Waals surface area (Å²) in [6.07, 6.45) is 1.72. The lowest BCUT2D eigenvalue weighted by molar-refractivity contribution is 0.0917. The lowest BCUT2D eigenvalue weighted by Gasteiger charge is -2.23. The van der Waals surface area contributed by atoms with E-state index in [0.29, 0.717) is 33.6 Å². The highest BCUT2D eigenvalue weighted by Crippen LogP contribution is 2.33. The van der Waals surface area contributed by atoms with Crippen molar-refractivity contribution in [3.63, 3.8) is 0 Å². The fraction of sp³-hybridized carbons (Fsp3) is 0.263. The van der Waals surface area contributed by atoms with Crippen molar-refractivity contribution < 1.29 is 13.9 Å². The van der Waals surface area contributed by atoms with E-state index in [9.17, 15) is 9.18 Å². The van der Waals surface area contributed by atoms with Crippen LogP contribution in [0.1, 0.15) is 23.2 Å². The predicted octanol–water partition coefficient (Wildman–Crippen LogP) is 5.57. The summed E-state index contributed by atoms with van der Waals surface area (Å²) in [4.78, 5) is 19.1. The number of fused-ring (bicyclic) bond motifs is 1. The molecule has 2 heterocycles. The third-order valence-corrected chi connectivity index (χ3v) is 6.00. The Morgan fingerprint density at radius 3 is 2.89 bits per heavy atom. The highest BCUT2D eigenvalue weighted by molar-refractivity contribution is 7.22. The molecular weight excluding hydrogens is 410 g/mol. The van der Waals surface area contributed by atoms with Gasteiger partial charge in [-0.15, -0.1) is 0 Å². The van der Waals surface area contributed by atoms with Crippen LogP contribution in [0.4, 0.5) is 9.52 Å². The Kier molecular flexibility index (Phi) is 5.32. The van der Waals surface area contributed by atoms with E-state index in [1.165, 1.54) is 28.4 Å². The summed E-state index contributed by atoms with van der Waals surface area (Å²) in [7, 11) is 0. The third-order valence-electron chi connectivity index (χ3n) is 4.41. The van der Waals surface area contributed by atoms with E-state index < -0.39 is 5.82 Å². The molecule has 0 aliphatic carbocycles. The normalized spacial score (nSPS) is 16.8. The molecular formula is C19H15Cl2FN2O2S. The summed E-state index contributed by atoms with van der Waals surface area (Å²) in [5, 5.41) is 1.13. The van der Waals surface area contributed by atoms with Gasteiger partial charge in [0.15, 0.2) is 5.13 Å². The van der Waals surface area contributed by atoms with Crippen LogP contribution in [0.25, 0.3) is 10.2 Å². The molecule has 1 aromatic heterocycles. The number of amides is 1. The summed E-state index contributed by atoms with van der Waals surface area (Å²) >= 11 is 13.4. The van der Waals surface area contributed by atoms with Crippen molar-refractivity contribution in [1.82, 2.24) is 4.98 Å². The van der Waals surface area contributed by atoms with Crippen molar-refractivity contribution in [2.24, 2.45) is 0 Å². The van der Waals surface area contributed by atoms with Gasteiger partial charge in [-0.2, -0.15) is 0 Å². The Morgan fingerprint density at radius 2 is 2.19 bits per heavy atom. The van der Waals surface area contributed by atoms with Gasteiger partial charge in [-0.3, -0.25) is 9.69 Å². The van der Waals surface area contributed by atoms with Crippen molar-refractivity contribution in [3.05, 3.63) is 57.8 Å². The van der Waals surface area contributed by atoms with Crippen LogP contribution >= 0.6 is 34.5 Å². The number of rotatable bonds is 4. The smallest absolute Gasteiger partial charge is 0.261 e. The first-order valence-electron chi connectivity index (χ1n) is 8.46. The van der Waals surface area contributed by atoms with Gasteiger partial charge in [-0.25, -0.2) is 9.37 Å². The quantitative estimate of drug-likeness (QED) is 0.549. The Hall–Kier alpha value is -1.73. The molecule has 4 rings (SSSR count). The Bertz CT molecular complexity index is 1000. The summed E-state index contributed by atoms with van der Waals surface area (Å²) in [6.45, 7) is 1.00. The number of nitrogens with zero attached hydrogens (tertiary/aromatic N) is 2. The minimum Gasteiger partial charge on any atom is -0.376 e. The predicted molar refractivity (Wildman–Crippen MR) is 107 cm³/mol. The highest BCUT2D eigenvalue weighted by atomic mass is 35.5. The summed E-state index contributed by atoms with van der Waals surface area (Å²) in [5.74, 6) is -0.726. The minimum atomic E-state index is -0.413. The molecule has 1 fully saturated rings. The van der Waals surface area contributed by atoms with E-state index >= 15 is 0 Å². The molecule has 0 N–H and O–H groups in total. The molecule has 27 heavy (non-hydrogen) atoms. The van der Waals surface area contributed by atoms with Gasteiger partial charge in [0, 0.05) is 11.6 Å². The van der Waals surface area contributed by atoms with Gasteiger partial charge >= 0.3 is 0 Å². The van der Waals surface area contributed by atoms with Crippen LogP contribution in [0.2, 0.25) is 10.0 Å². The van der Waals surface area contributed by atoms with Crippen molar-refractivity contribution in [3.8, 4) is 0 Å². The van der Waals surface area contributed by atoms with Gasteiger partial charge < -0.3 is 4.74 Å². The number of aromatic nitrogens is 1. The zero-order valence-electron chi connectivity index (χ0n) is 14.1. The second kappa shape index (κ2) is 7.72. The lowest BCUT2D eigenvalue weighted by Crippen LogP contribution is -2.37. The molecule has 0 spiro atoms. The zero-order valence-corrected chi connectivity index (χ0v) is 16.5. The number of carbonyl (C=O) groups is 1. The fourth-order valence-electron chi connectivity index (χ4n) is 3.07. The summed E-state index contributed by atoms with van der Waals surface area (Å²) < 4.78 is 20.5. The molecule has 1 amide bonds. The van der Waals surface area contributed by atoms with Crippen LogP contribution < -0.4 is 4.90 Å². The molecule has 4 nitrogen and oxygen atoms in total. The van der Waals surface area contributed by atoms with Gasteiger partial charge in [0.25, 0.3) is 5.91 Å². The van der Waals surface area contributed by atoms with Gasteiger partial charge in [0.2, 0.25) is 0 Å². The van der Waals surface area contributed by atoms with Crippen LogP contribution in [0.15, 0.2) is 36.4 Å². The SMILES string of the molecule is O=C(c1ccc(Cl)cc1Cl)N(CC1CCCO1)c1nc2c(F)cccc2s1. The maximum Gasteiger partial charge on any atom is 0.261 e. The van der Waals surface area contributed by atoms with E-state index in [4.69, 9.17) is 27.9 Å². The van der Waals surface area contributed by atoms with Crippen molar-refractivity contribution in [2.45, 2.75) is 18.9 Å². The number of hydrogen-bond donors (Lipinski definition) is 0. The molecule has 3 aromatic rings. The van der Waals surface area contributed by atoms with Crippen LogP contribution in [0.3, 0.4) is 0 Å². The Morgan fingerprint density at radius 1 is 1.33 bits per heavy atom. The van der Waals surface area contributed by atoms with E-state index in [-0.39, 0.29) is 22.6 Å². The Balaban J connectivity index is 1.75. The van der Waals surface area contributed by atoms with Crippen molar-refractivity contribution in [1.29, 1.82) is 0 Å². The summed E-state index contributed by atoms with van der Waals surface area (Å²) in [5.41, 5.74) is 0.573. The number of benzene rings is 2. The first-order valence-corrected chi connectivity index (χ1v) is 10.0. The van der Waals surface area contributed by atoms with Gasteiger partial charge in [0.05, 0.1) is 27.9 Å². The average Bonchev–Trinajstić information content (AvgIpc) is 3.29. The third kappa shape index (κ3) is 3.80. The van der Waals surface area contributed by atoms with Crippen LogP contribution in [0, 0.1) is 5.82 Å². The second-order valence-electron chi connectivity index (χ2n) is 6.26. The van der Waals surface area contributed by atoms with Gasteiger partial charge in [-0.1, -0.05) is 40.6 Å². The number of halogens is 3. The molecule has 140 valence electrons. The molecule has 0 bridgehead atoms. The number of anilines is 1. The molecule has 1 atom stereocenters. The van der Waals surface area contributed by atoms with E-state index in [2.05, 4.69) is 4.98 Å². The van der Waals surface area contributed by atoms with E-state index in [1.807, 2.05) is 0 Å². The maximum absolute atomic E-state index is 14.1. The molecule has 0 saturated carbocycles. The molecule has 0 radical (unpaired) electrons. The number of carbonyl (C=O) groups excluding carboxylic acids is 1. The second-order valence-corrected chi connectivity index (χ2v) is 8.11. The topological polar surface area (TPSA) is 42.4 Å². The van der Waals surface area contributed by atoms with Crippen LogP contribution in [-0.2, 0) is 4.74 Å². The number of ether oxygens (including phenoxy) is 1. The molecule has 8 heteroatoms. The standard InChI is InChI=1S/C19H15Cl2FN2O2S/c20-11-6-7-13(14(21)9-11)18(25)24(10-12-3-2-8-26-12)19-23-17-15(22)4-1-5-16(17)27-19/h1,4-7,9,12H,2-3,8,10H2. The minimum absolute atomic E-state index is 0.0862. The van der Waals surface area contributed by atoms with Crippen LogP contribution in [0.5, 0.6) is 0 Å². The summed E-state index contributed by atoms with van der Waals surface area (Å²) in [6, 6.07) is 9.49. The zero-order chi connectivity index (χ0) is 19.0. The largest absolute Gasteiger partial charge is 0.376 e. The maximum atomic E-state index is 14.1. The van der Waals surface area contributed by atoms with Gasteiger partial charge in [-0.05, 0) is 43.2 Å². The number of hydrogen-bond acceptors (Lipinski definition) is 4. The lowest BCUT2D eigenvalue weighted by atomic mass is 10.1. The van der Waals surface area contributed by atoms with E-state index in [0.717, 1.165) is 12.8 Å². The van der Waals surface area contributed by atoms with Crippen LogP contribution in [-0.4, -0.2) is 30.1 Å². The molecule has 1 aliphatic rings. The molecule has 2 aromatic carbocycles. The van der Waals surface area contributed by atoms with Crippen molar-refractivity contribution >= 4 is 55.8 Å².